The first-order chi connectivity index (χ1) is 13.2. The third-order valence-corrected chi connectivity index (χ3v) is 4.95. The first-order valence-corrected chi connectivity index (χ1v) is 9.33. The molecule has 10 heteroatoms. The minimum absolute atomic E-state index is 0.0149. The van der Waals surface area contributed by atoms with E-state index in [0.717, 1.165) is 34.1 Å². The lowest BCUT2D eigenvalue weighted by Gasteiger charge is -2.31. The fourth-order valence-corrected chi connectivity index (χ4v) is 3.52. The normalized spacial score (nSPS) is 17.1. The van der Waals surface area contributed by atoms with Crippen LogP contribution in [0.1, 0.15) is 26.7 Å². The van der Waals surface area contributed by atoms with Crippen molar-refractivity contribution in [1.29, 1.82) is 0 Å². The Kier molecular flexibility index (Phi) is 5.41. The Morgan fingerprint density at radius 1 is 1.29 bits per heavy atom. The third kappa shape index (κ3) is 3.59. The monoisotopic (exact) mass is 389 g/mol. The number of piperidine rings is 1. The molecule has 1 aliphatic rings. The van der Waals surface area contributed by atoms with Crippen molar-refractivity contribution >= 4 is 23.0 Å². The van der Waals surface area contributed by atoms with Gasteiger partial charge in [-0.15, -0.1) is 0 Å². The van der Waals surface area contributed by atoms with E-state index < -0.39 is 17.2 Å². The Morgan fingerprint density at radius 2 is 2.00 bits per heavy atom. The molecule has 152 valence electrons. The van der Waals surface area contributed by atoms with Crippen molar-refractivity contribution in [3.8, 4) is 0 Å². The topological polar surface area (TPSA) is 134 Å². The summed E-state index contributed by atoms with van der Waals surface area (Å²) in [4.78, 5) is 43.7. The summed E-state index contributed by atoms with van der Waals surface area (Å²) >= 11 is 0. The van der Waals surface area contributed by atoms with Crippen LogP contribution in [0, 0.1) is 0 Å². The number of nitrogens with two attached hydrogens (primary N) is 2. The van der Waals surface area contributed by atoms with Crippen molar-refractivity contribution in [2.75, 3.05) is 18.0 Å². The highest BCUT2D eigenvalue weighted by molar-refractivity contribution is 5.79. The minimum atomic E-state index is -0.678. The predicted octanol–water partition coefficient (Wildman–Crippen LogP) is -0.724. The molecule has 4 N–H and O–H groups in total. The van der Waals surface area contributed by atoms with Gasteiger partial charge in [0, 0.05) is 32.7 Å². The van der Waals surface area contributed by atoms with Gasteiger partial charge in [0.15, 0.2) is 11.2 Å². The van der Waals surface area contributed by atoms with Crippen molar-refractivity contribution in [3.63, 3.8) is 0 Å². The highest BCUT2D eigenvalue weighted by Crippen LogP contribution is 2.23. The molecule has 0 saturated carbocycles. The van der Waals surface area contributed by atoms with Gasteiger partial charge in [-0.25, -0.2) is 4.79 Å². The fourth-order valence-electron chi connectivity index (χ4n) is 3.52. The second kappa shape index (κ2) is 7.63. The summed E-state index contributed by atoms with van der Waals surface area (Å²) in [5.74, 6) is -0.106. The van der Waals surface area contributed by atoms with E-state index in [2.05, 4.69) is 4.98 Å². The first-order valence-electron chi connectivity index (χ1n) is 9.33. The van der Waals surface area contributed by atoms with Gasteiger partial charge >= 0.3 is 5.69 Å². The Bertz CT molecular complexity index is 1060. The molecule has 28 heavy (non-hydrogen) atoms. The second-order valence-corrected chi connectivity index (χ2v) is 7.52. The van der Waals surface area contributed by atoms with Crippen molar-refractivity contribution in [2.45, 2.75) is 45.8 Å². The number of hydrogen-bond donors (Lipinski definition) is 2. The van der Waals surface area contributed by atoms with E-state index in [9.17, 15) is 14.4 Å². The molecule has 1 amide bonds. The van der Waals surface area contributed by atoms with Gasteiger partial charge in [-0.1, -0.05) is 11.6 Å². The van der Waals surface area contributed by atoms with Gasteiger partial charge in [0.2, 0.25) is 11.9 Å². The molecule has 1 fully saturated rings. The molecule has 1 unspecified atom stereocenters. The molecule has 0 spiro atoms. The van der Waals surface area contributed by atoms with Gasteiger partial charge in [0.1, 0.15) is 6.54 Å². The largest absolute Gasteiger partial charge is 0.368 e. The van der Waals surface area contributed by atoms with Crippen LogP contribution < -0.4 is 27.6 Å². The maximum absolute atomic E-state index is 12.9. The molecule has 3 heterocycles. The number of fused-ring (bicyclic) bond motifs is 1. The minimum Gasteiger partial charge on any atom is -0.368 e. The summed E-state index contributed by atoms with van der Waals surface area (Å²) in [5, 5.41) is 0. The van der Waals surface area contributed by atoms with Gasteiger partial charge < -0.3 is 20.9 Å². The average Bonchev–Trinajstić information content (AvgIpc) is 3.01. The van der Waals surface area contributed by atoms with Crippen LogP contribution in [-0.2, 0) is 24.9 Å². The molecule has 3 rings (SSSR count). The average molecular weight is 389 g/mol. The summed E-state index contributed by atoms with van der Waals surface area (Å²) in [6, 6.07) is 0.0149. The van der Waals surface area contributed by atoms with Crippen molar-refractivity contribution in [2.24, 2.45) is 18.5 Å². The molecule has 10 nitrogen and oxygen atoms in total. The Labute approximate surface area is 162 Å². The van der Waals surface area contributed by atoms with E-state index in [4.69, 9.17) is 11.5 Å². The zero-order valence-corrected chi connectivity index (χ0v) is 16.5. The van der Waals surface area contributed by atoms with Crippen molar-refractivity contribution < 1.29 is 4.79 Å². The Balaban J connectivity index is 2.32. The lowest BCUT2D eigenvalue weighted by molar-refractivity contribution is -0.118. The number of anilines is 1. The predicted molar refractivity (Wildman–Crippen MR) is 107 cm³/mol. The van der Waals surface area contributed by atoms with Crippen LogP contribution in [0.2, 0.25) is 0 Å². The standard InChI is InChI=1S/C18H27N7O3/c1-11(2)6-8-24-14-15(21-17(24)23-7-4-5-12(19)9-23)25(10-13(20)26)18(28)22(3)16(14)27/h6,12H,4-5,7-10,19H2,1-3H3,(H2,20,26). The third-order valence-electron chi connectivity index (χ3n) is 4.95. The maximum Gasteiger partial charge on any atom is 0.332 e. The smallest absolute Gasteiger partial charge is 0.332 e. The molecule has 2 aromatic rings. The van der Waals surface area contributed by atoms with Crippen LogP contribution in [0.15, 0.2) is 21.2 Å². The number of carbonyl (C=O) groups excluding carboxylic acids is 1. The molecule has 1 atom stereocenters. The number of nitrogens with zero attached hydrogens (tertiary/aromatic N) is 5. The van der Waals surface area contributed by atoms with Crippen LogP contribution >= 0.6 is 0 Å². The molecule has 0 aromatic carbocycles. The van der Waals surface area contributed by atoms with E-state index in [-0.39, 0.29) is 23.8 Å². The fraction of sp³-hybridized carbons (Fsp3) is 0.556. The molecular formula is C18H27N7O3. The molecule has 1 saturated heterocycles. The summed E-state index contributed by atoms with van der Waals surface area (Å²) in [6.07, 6.45) is 3.83. The van der Waals surface area contributed by atoms with Crippen molar-refractivity contribution in [1.82, 2.24) is 18.7 Å². The SMILES string of the molecule is CC(C)=CCn1c(N2CCCC(N)C2)nc2c1c(=O)n(C)c(=O)n2CC(N)=O. The van der Waals surface area contributed by atoms with Crippen LogP contribution in [0.25, 0.3) is 11.2 Å². The number of imidazole rings is 1. The highest BCUT2D eigenvalue weighted by atomic mass is 16.2. The number of carbonyl (C=O) groups is 1. The zero-order valence-electron chi connectivity index (χ0n) is 16.5. The molecule has 1 aliphatic heterocycles. The van der Waals surface area contributed by atoms with Gasteiger partial charge in [0.25, 0.3) is 5.56 Å². The Morgan fingerprint density at radius 3 is 2.61 bits per heavy atom. The quantitative estimate of drug-likeness (QED) is 0.648. The van der Waals surface area contributed by atoms with Crippen LogP contribution in [-0.4, -0.2) is 43.7 Å². The molecule has 0 bridgehead atoms. The van der Waals surface area contributed by atoms with E-state index in [1.54, 1.807) is 4.57 Å². The van der Waals surface area contributed by atoms with Crippen LogP contribution in [0.5, 0.6) is 0 Å². The van der Waals surface area contributed by atoms with Gasteiger partial charge in [-0.2, -0.15) is 4.98 Å². The second-order valence-electron chi connectivity index (χ2n) is 7.52. The number of rotatable bonds is 5. The maximum atomic E-state index is 12.9. The lowest BCUT2D eigenvalue weighted by atomic mass is 10.1. The first kappa shape index (κ1) is 19.9. The summed E-state index contributed by atoms with van der Waals surface area (Å²) in [7, 11) is 1.39. The lowest BCUT2D eigenvalue weighted by Crippen LogP contribution is -2.44. The van der Waals surface area contributed by atoms with Crippen molar-refractivity contribution in [3.05, 3.63) is 32.5 Å². The van der Waals surface area contributed by atoms with E-state index >= 15 is 0 Å². The van der Waals surface area contributed by atoms with Crippen LogP contribution in [0.4, 0.5) is 5.95 Å². The highest BCUT2D eigenvalue weighted by Gasteiger charge is 2.26. The number of amides is 1. The molecular weight excluding hydrogens is 362 g/mol. The van der Waals surface area contributed by atoms with E-state index in [1.165, 1.54) is 7.05 Å². The Hall–Kier alpha value is -2.88. The van der Waals surface area contributed by atoms with E-state index in [1.807, 2.05) is 24.8 Å². The number of hydrogen-bond acceptors (Lipinski definition) is 6. The number of allylic oxidation sites excluding steroid dienone is 2. The molecule has 0 aliphatic carbocycles. The van der Waals surface area contributed by atoms with Gasteiger partial charge in [-0.3, -0.25) is 18.7 Å². The van der Waals surface area contributed by atoms with Gasteiger partial charge in [-0.05, 0) is 26.7 Å². The molecule has 2 aromatic heterocycles. The van der Waals surface area contributed by atoms with Crippen LogP contribution in [0.3, 0.4) is 0 Å². The summed E-state index contributed by atoms with van der Waals surface area (Å²) in [5.41, 5.74) is 11.9. The number of aromatic nitrogens is 4. The van der Waals surface area contributed by atoms with Gasteiger partial charge in [0.05, 0.1) is 0 Å². The van der Waals surface area contributed by atoms with E-state index in [0.29, 0.717) is 19.0 Å². The zero-order chi connectivity index (χ0) is 20.6. The summed E-state index contributed by atoms with van der Waals surface area (Å²) < 4.78 is 3.93. The summed E-state index contributed by atoms with van der Waals surface area (Å²) in [6.45, 7) is 5.38. The number of primary amides is 1. The molecule has 0 radical (unpaired) electrons.